The summed E-state index contributed by atoms with van der Waals surface area (Å²) in [6, 6.07) is 4.19. The molecule has 0 aromatic heterocycles. The van der Waals surface area contributed by atoms with E-state index in [4.69, 9.17) is 0 Å². The van der Waals surface area contributed by atoms with Crippen LogP contribution in [0.3, 0.4) is 0 Å². The van der Waals surface area contributed by atoms with Gasteiger partial charge in [0.05, 0.1) is 5.75 Å². The molecule has 2 rings (SSSR count). The zero-order chi connectivity index (χ0) is 19.2. The second kappa shape index (κ2) is 11.2. The quantitative estimate of drug-likeness (QED) is 0.347. The third kappa shape index (κ3) is 8.73. The van der Waals surface area contributed by atoms with Crippen LogP contribution >= 0.6 is 24.0 Å². The van der Waals surface area contributed by atoms with Gasteiger partial charge in [-0.25, -0.2) is 12.8 Å². The predicted molar refractivity (Wildman–Crippen MR) is 119 cm³/mol. The van der Waals surface area contributed by atoms with E-state index < -0.39 is 9.84 Å². The van der Waals surface area contributed by atoms with Gasteiger partial charge in [-0.05, 0) is 55.6 Å². The van der Waals surface area contributed by atoms with Gasteiger partial charge in [-0.1, -0.05) is 6.07 Å². The molecule has 0 amide bonds. The van der Waals surface area contributed by atoms with Crippen molar-refractivity contribution in [2.45, 2.75) is 25.1 Å². The fourth-order valence-corrected chi connectivity index (χ4v) is 4.11. The molecular weight excluding hydrogens is 482 g/mol. The number of aliphatic imine (C=N–C) groups is 1. The molecule has 1 unspecified atom stereocenters. The van der Waals surface area contributed by atoms with Gasteiger partial charge >= 0.3 is 0 Å². The molecule has 1 aliphatic heterocycles. The molecule has 0 spiro atoms. The average molecular weight is 512 g/mol. The number of hydrogen-bond donors (Lipinski definition) is 2. The molecule has 1 aliphatic rings. The van der Waals surface area contributed by atoms with Crippen molar-refractivity contribution in [3.8, 4) is 0 Å². The lowest BCUT2D eigenvalue weighted by Crippen LogP contribution is -2.43. The largest absolute Gasteiger partial charge is 0.356 e. The van der Waals surface area contributed by atoms with Crippen molar-refractivity contribution < 1.29 is 12.8 Å². The summed E-state index contributed by atoms with van der Waals surface area (Å²) < 4.78 is 36.8. The summed E-state index contributed by atoms with van der Waals surface area (Å²) in [5.41, 5.74) is 1.22. The van der Waals surface area contributed by atoms with Crippen LogP contribution in [0.15, 0.2) is 23.2 Å². The molecule has 0 radical (unpaired) electrons. The standard InChI is InChI=1S/C18H29FN4O2S.HI/c1-20-18(21-10-14-5-4-8-23(2)12-14)22-11-16-9-17(19)7-6-15(16)13-26(3,24)25;/h6-7,9,14H,4-5,8,10-13H2,1-3H3,(H2,20,21,22);1H. The van der Waals surface area contributed by atoms with E-state index in [1.807, 2.05) is 0 Å². The van der Waals surface area contributed by atoms with Crippen molar-refractivity contribution in [2.75, 3.05) is 40.0 Å². The van der Waals surface area contributed by atoms with Gasteiger partial charge in [-0.2, -0.15) is 0 Å². The van der Waals surface area contributed by atoms with Crippen LogP contribution in [-0.2, 0) is 22.1 Å². The van der Waals surface area contributed by atoms with Gasteiger partial charge in [-0.3, -0.25) is 4.99 Å². The van der Waals surface area contributed by atoms with Crippen LogP contribution in [0.2, 0.25) is 0 Å². The predicted octanol–water partition coefficient (Wildman–Crippen LogP) is 2.00. The molecule has 0 saturated carbocycles. The SMILES string of the molecule is CN=C(NCc1cc(F)ccc1CS(C)(=O)=O)NCC1CCCN(C)C1.I. The highest BCUT2D eigenvalue weighted by Crippen LogP contribution is 2.15. The van der Waals surface area contributed by atoms with Gasteiger partial charge in [0, 0.05) is 32.9 Å². The van der Waals surface area contributed by atoms with Crippen molar-refractivity contribution in [3.63, 3.8) is 0 Å². The van der Waals surface area contributed by atoms with E-state index in [0.29, 0.717) is 29.5 Å². The first kappa shape index (κ1) is 24.1. The Morgan fingerprint density at radius 1 is 1.33 bits per heavy atom. The molecule has 154 valence electrons. The highest BCUT2D eigenvalue weighted by Gasteiger charge is 2.17. The number of nitrogens with one attached hydrogen (secondary N) is 2. The smallest absolute Gasteiger partial charge is 0.191 e. The zero-order valence-corrected chi connectivity index (χ0v) is 19.3. The molecule has 1 aromatic rings. The van der Waals surface area contributed by atoms with Crippen molar-refractivity contribution in [1.82, 2.24) is 15.5 Å². The lowest BCUT2D eigenvalue weighted by atomic mass is 9.99. The Labute approximate surface area is 178 Å². The van der Waals surface area contributed by atoms with Crippen molar-refractivity contribution >= 4 is 39.8 Å². The van der Waals surface area contributed by atoms with E-state index in [2.05, 4.69) is 27.6 Å². The lowest BCUT2D eigenvalue weighted by molar-refractivity contribution is 0.210. The Morgan fingerprint density at radius 2 is 2.07 bits per heavy atom. The number of likely N-dealkylation sites (tertiary alicyclic amines) is 1. The van der Waals surface area contributed by atoms with E-state index in [9.17, 15) is 12.8 Å². The van der Waals surface area contributed by atoms with Crippen LogP contribution in [0, 0.1) is 11.7 Å². The van der Waals surface area contributed by atoms with Crippen molar-refractivity contribution in [2.24, 2.45) is 10.9 Å². The Bertz CT molecular complexity index is 743. The average Bonchev–Trinajstić information content (AvgIpc) is 2.56. The number of sulfone groups is 1. The maximum absolute atomic E-state index is 13.6. The summed E-state index contributed by atoms with van der Waals surface area (Å²) >= 11 is 0. The molecule has 1 atom stereocenters. The number of hydrogen-bond acceptors (Lipinski definition) is 4. The van der Waals surface area contributed by atoms with E-state index >= 15 is 0 Å². The molecule has 0 aliphatic carbocycles. The van der Waals surface area contributed by atoms with Crippen molar-refractivity contribution in [1.29, 1.82) is 0 Å². The third-order valence-electron chi connectivity index (χ3n) is 4.54. The summed E-state index contributed by atoms with van der Waals surface area (Å²) in [5.74, 6) is 0.715. The van der Waals surface area contributed by atoms with Gasteiger partial charge in [-0.15, -0.1) is 24.0 Å². The fourth-order valence-electron chi connectivity index (χ4n) is 3.26. The molecule has 9 heteroatoms. The van der Waals surface area contributed by atoms with Gasteiger partial charge in [0.15, 0.2) is 15.8 Å². The minimum Gasteiger partial charge on any atom is -0.356 e. The second-order valence-corrected chi connectivity index (χ2v) is 9.20. The minimum absolute atomic E-state index is 0. The summed E-state index contributed by atoms with van der Waals surface area (Å²) in [4.78, 5) is 6.53. The summed E-state index contributed by atoms with van der Waals surface area (Å²) in [7, 11) is 0.630. The first-order chi connectivity index (χ1) is 12.3. The number of nitrogens with zero attached hydrogens (tertiary/aromatic N) is 2. The minimum atomic E-state index is -3.19. The summed E-state index contributed by atoms with van der Waals surface area (Å²) in [5, 5.41) is 6.47. The maximum Gasteiger partial charge on any atom is 0.191 e. The van der Waals surface area contributed by atoms with Crippen LogP contribution in [0.25, 0.3) is 0 Å². The molecule has 0 bridgehead atoms. The van der Waals surface area contributed by atoms with E-state index in [0.717, 1.165) is 19.6 Å². The topological polar surface area (TPSA) is 73.8 Å². The molecule has 2 N–H and O–H groups in total. The Kier molecular flexibility index (Phi) is 9.96. The van der Waals surface area contributed by atoms with Crippen LogP contribution in [0.1, 0.15) is 24.0 Å². The molecular formula is C18H30FIN4O2S. The van der Waals surface area contributed by atoms with Crippen LogP contribution in [0.5, 0.6) is 0 Å². The Morgan fingerprint density at radius 3 is 2.70 bits per heavy atom. The highest BCUT2D eigenvalue weighted by molar-refractivity contribution is 14.0. The summed E-state index contributed by atoms with van der Waals surface area (Å²) in [6.07, 6.45) is 3.57. The second-order valence-electron chi connectivity index (χ2n) is 7.06. The van der Waals surface area contributed by atoms with Crippen LogP contribution < -0.4 is 10.6 Å². The van der Waals surface area contributed by atoms with Gasteiger partial charge in [0.25, 0.3) is 0 Å². The third-order valence-corrected chi connectivity index (χ3v) is 5.37. The van der Waals surface area contributed by atoms with Gasteiger partial charge in [0.1, 0.15) is 5.82 Å². The molecule has 1 fully saturated rings. The summed E-state index contributed by atoms with van der Waals surface area (Å²) in [6.45, 7) is 3.34. The number of piperidine rings is 1. The van der Waals surface area contributed by atoms with E-state index in [1.165, 1.54) is 37.3 Å². The number of benzene rings is 1. The first-order valence-corrected chi connectivity index (χ1v) is 10.9. The fraction of sp³-hybridized carbons (Fsp3) is 0.611. The first-order valence-electron chi connectivity index (χ1n) is 8.85. The Balaban J connectivity index is 0.00000364. The molecule has 27 heavy (non-hydrogen) atoms. The maximum atomic E-state index is 13.6. The number of guanidine groups is 1. The lowest BCUT2D eigenvalue weighted by Gasteiger charge is -2.30. The molecule has 1 heterocycles. The molecule has 1 saturated heterocycles. The van der Waals surface area contributed by atoms with Gasteiger partial charge < -0.3 is 15.5 Å². The zero-order valence-electron chi connectivity index (χ0n) is 16.2. The van der Waals surface area contributed by atoms with E-state index in [-0.39, 0.29) is 35.5 Å². The van der Waals surface area contributed by atoms with Gasteiger partial charge in [0.2, 0.25) is 0 Å². The van der Waals surface area contributed by atoms with Crippen LogP contribution in [0.4, 0.5) is 4.39 Å². The monoisotopic (exact) mass is 512 g/mol. The number of halogens is 2. The van der Waals surface area contributed by atoms with E-state index in [1.54, 1.807) is 7.05 Å². The Hall–Kier alpha value is -0.940. The number of rotatable bonds is 6. The molecule has 6 nitrogen and oxygen atoms in total. The van der Waals surface area contributed by atoms with Crippen LogP contribution in [-0.4, -0.2) is 59.3 Å². The molecule has 1 aromatic carbocycles. The van der Waals surface area contributed by atoms with Crippen molar-refractivity contribution in [3.05, 3.63) is 35.1 Å². The normalized spacial score (nSPS) is 18.7. The highest BCUT2D eigenvalue weighted by atomic mass is 127.